The quantitative estimate of drug-likeness (QED) is 0.729. The topological polar surface area (TPSA) is 86.6 Å². The molecular weight excluding hydrogens is 372 g/mol. The summed E-state index contributed by atoms with van der Waals surface area (Å²) in [5.74, 6) is 0.0783. The molecule has 0 saturated heterocycles. The molecule has 0 amide bonds. The van der Waals surface area contributed by atoms with E-state index in [0.29, 0.717) is 24.4 Å². The number of aryl methyl sites for hydroxylation is 1. The molecule has 0 bridgehead atoms. The number of pyridine rings is 1. The molecule has 29 heavy (non-hydrogen) atoms. The molecule has 156 valence electrons. The molecule has 0 aromatic carbocycles. The molecule has 2 aromatic heterocycles. The third-order valence-electron chi connectivity index (χ3n) is 4.68. The van der Waals surface area contributed by atoms with Crippen molar-refractivity contribution in [2.45, 2.75) is 52.7 Å². The maximum atomic E-state index is 12.3. The average molecular weight is 400 g/mol. The van der Waals surface area contributed by atoms with Crippen LogP contribution in [0.4, 0.5) is 5.82 Å². The monoisotopic (exact) mass is 400 g/mol. The van der Waals surface area contributed by atoms with Crippen LogP contribution < -0.4 is 4.90 Å². The normalized spacial score (nSPS) is 16.3. The van der Waals surface area contributed by atoms with Crippen LogP contribution in [0.1, 0.15) is 72.6 Å². The Labute approximate surface area is 170 Å². The van der Waals surface area contributed by atoms with Gasteiger partial charge < -0.3 is 14.4 Å². The number of ether oxygens (including phenoxy) is 2. The van der Waals surface area contributed by atoms with Gasteiger partial charge in [-0.25, -0.2) is 14.6 Å². The zero-order valence-corrected chi connectivity index (χ0v) is 17.9. The van der Waals surface area contributed by atoms with Gasteiger partial charge in [-0.3, -0.25) is 4.68 Å². The lowest BCUT2D eigenvalue weighted by Crippen LogP contribution is -2.34. The molecule has 2 aromatic rings. The van der Waals surface area contributed by atoms with Crippen molar-refractivity contribution in [2.75, 3.05) is 18.1 Å². The number of carbonyl (C=O) groups excluding carboxylic acids is 2. The molecule has 0 fully saturated rings. The Hall–Kier alpha value is -2.90. The van der Waals surface area contributed by atoms with Gasteiger partial charge in [0.2, 0.25) is 0 Å². The number of nitrogens with zero attached hydrogens (tertiary/aromatic N) is 4. The Bertz CT molecular complexity index is 912. The number of fused-ring (bicyclic) bond motifs is 1. The number of rotatable bonds is 4. The molecule has 1 aliphatic heterocycles. The molecule has 0 N–H and O–H groups in total. The second kappa shape index (κ2) is 7.85. The van der Waals surface area contributed by atoms with E-state index in [4.69, 9.17) is 9.47 Å². The summed E-state index contributed by atoms with van der Waals surface area (Å²) in [5, 5.41) is 4.39. The highest BCUT2D eigenvalue weighted by Gasteiger charge is 2.32. The lowest BCUT2D eigenvalue weighted by molar-refractivity contribution is 0.00688. The standard InChI is InChI=1S/C21H28N4O4/c1-7-28-20(27)17-15-12-25(11-13(2)18(15)24(6)23-17)16-9-8-14(10-22-16)19(26)29-21(3,4)5/h8-10,13H,7,11-12H2,1-6H3/t13-/m1/s1. The molecular formula is C21H28N4O4. The van der Waals surface area contributed by atoms with E-state index in [9.17, 15) is 9.59 Å². The summed E-state index contributed by atoms with van der Waals surface area (Å²) in [6.45, 7) is 10.9. The Morgan fingerprint density at radius 2 is 1.97 bits per heavy atom. The fourth-order valence-corrected chi connectivity index (χ4v) is 3.59. The van der Waals surface area contributed by atoms with E-state index in [1.54, 1.807) is 23.7 Å². The summed E-state index contributed by atoms with van der Waals surface area (Å²) in [5.41, 5.74) is 2.10. The highest BCUT2D eigenvalue weighted by atomic mass is 16.6. The third-order valence-corrected chi connectivity index (χ3v) is 4.68. The molecule has 0 unspecified atom stereocenters. The maximum absolute atomic E-state index is 12.3. The van der Waals surface area contributed by atoms with E-state index in [1.807, 2.05) is 27.8 Å². The minimum absolute atomic E-state index is 0.159. The third kappa shape index (κ3) is 4.41. The Kier molecular flexibility index (Phi) is 5.64. The Morgan fingerprint density at radius 3 is 2.55 bits per heavy atom. The van der Waals surface area contributed by atoms with E-state index in [-0.39, 0.29) is 5.92 Å². The molecule has 1 aliphatic rings. The molecule has 8 heteroatoms. The molecule has 3 rings (SSSR count). The summed E-state index contributed by atoms with van der Waals surface area (Å²) in [4.78, 5) is 31.1. The number of anilines is 1. The first kappa shape index (κ1) is 20.8. The largest absolute Gasteiger partial charge is 0.461 e. The number of esters is 2. The number of carbonyl (C=O) groups is 2. The van der Waals surface area contributed by atoms with Crippen LogP contribution in [0.25, 0.3) is 0 Å². The van der Waals surface area contributed by atoms with Gasteiger partial charge in [0.1, 0.15) is 11.4 Å². The smallest absolute Gasteiger partial charge is 0.359 e. The van der Waals surface area contributed by atoms with Crippen molar-refractivity contribution in [3.8, 4) is 0 Å². The minimum atomic E-state index is -0.557. The van der Waals surface area contributed by atoms with E-state index in [1.165, 1.54) is 6.20 Å². The predicted molar refractivity (Wildman–Crippen MR) is 108 cm³/mol. The van der Waals surface area contributed by atoms with Crippen molar-refractivity contribution in [1.82, 2.24) is 14.8 Å². The first-order chi connectivity index (χ1) is 13.6. The van der Waals surface area contributed by atoms with Crippen LogP contribution in [0.5, 0.6) is 0 Å². The van der Waals surface area contributed by atoms with Crippen molar-refractivity contribution >= 4 is 17.8 Å². The lowest BCUT2D eigenvalue weighted by atomic mass is 9.96. The highest BCUT2D eigenvalue weighted by Crippen LogP contribution is 2.32. The van der Waals surface area contributed by atoms with Gasteiger partial charge in [-0.2, -0.15) is 5.10 Å². The van der Waals surface area contributed by atoms with Crippen molar-refractivity contribution < 1.29 is 19.1 Å². The predicted octanol–water partition coefficient (Wildman–Crippen LogP) is 3.07. The molecule has 8 nitrogen and oxygen atoms in total. The van der Waals surface area contributed by atoms with Gasteiger partial charge in [0, 0.05) is 43.5 Å². The minimum Gasteiger partial charge on any atom is -0.461 e. The van der Waals surface area contributed by atoms with Gasteiger partial charge in [-0.1, -0.05) is 6.92 Å². The van der Waals surface area contributed by atoms with Gasteiger partial charge in [0.25, 0.3) is 0 Å². The lowest BCUT2D eigenvalue weighted by Gasteiger charge is -2.32. The highest BCUT2D eigenvalue weighted by molar-refractivity contribution is 5.90. The van der Waals surface area contributed by atoms with Crippen LogP contribution in [-0.4, -0.2) is 45.5 Å². The van der Waals surface area contributed by atoms with E-state index in [2.05, 4.69) is 21.9 Å². The Balaban J connectivity index is 1.84. The van der Waals surface area contributed by atoms with Gasteiger partial charge >= 0.3 is 11.9 Å². The summed E-state index contributed by atoms with van der Waals surface area (Å²) in [6, 6.07) is 3.52. The van der Waals surface area contributed by atoms with Crippen LogP contribution >= 0.6 is 0 Å². The van der Waals surface area contributed by atoms with Crippen LogP contribution in [-0.2, 0) is 23.1 Å². The van der Waals surface area contributed by atoms with E-state index >= 15 is 0 Å². The van der Waals surface area contributed by atoms with Gasteiger partial charge in [-0.15, -0.1) is 0 Å². The van der Waals surface area contributed by atoms with Crippen molar-refractivity contribution in [3.63, 3.8) is 0 Å². The molecule has 0 aliphatic carbocycles. The maximum Gasteiger partial charge on any atom is 0.359 e. The van der Waals surface area contributed by atoms with E-state index < -0.39 is 17.5 Å². The van der Waals surface area contributed by atoms with Crippen molar-refractivity contribution in [1.29, 1.82) is 0 Å². The van der Waals surface area contributed by atoms with Crippen molar-refractivity contribution in [2.24, 2.45) is 7.05 Å². The van der Waals surface area contributed by atoms with Crippen molar-refractivity contribution in [3.05, 3.63) is 40.8 Å². The molecule has 0 saturated carbocycles. The summed E-state index contributed by atoms with van der Waals surface area (Å²) in [7, 11) is 1.85. The fourth-order valence-electron chi connectivity index (χ4n) is 3.59. The average Bonchev–Trinajstić information content (AvgIpc) is 2.98. The van der Waals surface area contributed by atoms with Crippen LogP contribution in [0.3, 0.4) is 0 Å². The number of hydrogen-bond donors (Lipinski definition) is 0. The molecule has 0 spiro atoms. The summed E-state index contributed by atoms with van der Waals surface area (Å²) < 4.78 is 12.3. The molecule has 1 atom stereocenters. The van der Waals surface area contributed by atoms with Crippen LogP contribution in [0.2, 0.25) is 0 Å². The van der Waals surface area contributed by atoms with Gasteiger partial charge in [0.05, 0.1) is 12.2 Å². The first-order valence-corrected chi connectivity index (χ1v) is 9.78. The second-order valence-corrected chi connectivity index (χ2v) is 8.25. The number of aromatic nitrogens is 3. The van der Waals surface area contributed by atoms with E-state index in [0.717, 1.165) is 23.6 Å². The molecule has 3 heterocycles. The Morgan fingerprint density at radius 1 is 1.24 bits per heavy atom. The molecule has 0 radical (unpaired) electrons. The number of hydrogen-bond acceptors (Lipinski definition) is 7. The summed E-state index contributed by atoms with van der Waals surface area (Å²) >= 11 is 0. The zero-order chi connectivity index (χ0) is 21.3. The fraction of sp³-hybridized carbons (Fsp3) is 0.524. The van der Waals surface area contributed by atoms with Crippen LogP contribution in [0, 0.1) is 0 Å². The van der Waals surface area contributed by atoms with Gasteiger partial charge in [-0.05, 0) is 39.8 Å². The first-order valence-electron chi connectivity index (χ1n) is 9.78. The second-order valence-electron chi connectivity index (χ2n) is 8.25. The SMILES string of the molecule is CCOC(=O)c1nn(C)c2c1CN(c1ccc(C(=O)OC(C)(C)C)cn1)C[C@H]2C. The van der Waals surface area contributed by atoms with Crippen LogP contribution in [0.15, 0.2) is 18.3 Å². The summed E-state index contributed by atoms with van der Waals surface area (Å²) in [6.07, 6.45) is 1.53. The zero-order valence-electron chi connectivity index (χ0n) is 17.9. The van der Waals surface area contributed by atoms with Gasteiger partial charge in [0.15, 0.2) is 5.69 Å².